The number of amides is 1. The Kier molecular flexibility index (Phi) is 6.15. The molecule has 0 aromatic heterocycles. The minimum atomic E-state index is -3.37. The van der Waals surface area contributed by atoms with Crippen molar-refractivity contribution in [1.29, 1.82) is 0 Å². The molecule has 23 heavy (non-hydrogen) atoms. The first kappa shape index (κ1) is 17.9. The van der Waals surface area contributed by atoms with Gasteiger partial charge >= 0.3 is 0 Å². The van der Waals surface area contributed by atoms with Gasteiger partial charge in [-0.1, -0.05) is 0 Å². The summed E-state index contributed by atoms with van der Waals surface area (Å²) in [6, 6.07) is 6.41. The predicted molar refractivity (Wildman–Crippen MR) is 88.1 cm³/mol. The highest BCUT2D eigenvalue weighted by Crippen LogP contribution is 2.18. The van der Waals surface area contributed by atoms with Crippen LogP contribution in [-0.4, -0.2) is 45.9 Å². The summed E-state index contributed by atoms with van der Waals surface area (Å²) in [5.41, 5.74) is 6.32. The third kappa shape index (κ3) is 5.02. The highest BCUT2D eigenvalue weighted by Gasteiger charge is 2.21. The number of rotatable bonds is 6. The zero-order chi connectivity index (χ0) is 16.9. The van der Waals surface area contributed by atoms with Gasteiger partial charge in [0.1, 0.15) is 0 Å². The number of hydrogen-bond acceptors (Lipinski definition) is 5. The minimum absolute atomic E-state index is 0.0721. The van der Waals surface area contributed by atoms with Crippen LogP contribution in [0.3, 0.4) is 0 Å². The predicted octanol–water partition coefficient (Wildman–Crippen LogP) is 1.11. The lowest BCUT2D eigenvalue weighted by Gasteiger charge is -2.26. The van der Waals surface area contributed by atoms with Crippen LogP contribution < -0.4 is 11.1 Å². The van der Waals surface area contributed by atoms with E-state index in [9.17, 15) is 13.2 Å². The van der Waals surface area contributed by atoms with Gasteiger partial charge in [-0.05, 0) is 49.9 Å². The second kappa shape index (κ2) is 7.90. The van der Waals surface area contributed by atoms with Crippen molar-refractivity contribution < 1.29 is 17.9 Å². The summed E-state index contributed by atoms with van der Waals surface area (Å²) in [5.74, 6) is -0.247. The largest absolute Gasteiger partial charge is 0.384 e. The van der Waals surface area contributed by atoms with Crippen molar-refractivity contribution >= 4 is 15.7 Å². The molecule has 1 aliphatic rings. The lowest BCUT2D eigenvalue weighted by atomic mass is 9.91. The number of methoxy groups -OCH3 is 1. The molecule has 1 saturated carbocycles. The highest BCUT2D eigenvalue weighted by molar-refractivity contribution is 7.91. The van der Waals surface area contributed by atoms with Gasteiger partial charge in [0.2, 0.25) is 0 Å². The second-order valence-electron chi connectivity index (χ2n) is 5.92. The van der Waals surface area contributed by atoms with Gasteiger partial charge in [-0.3, -0.25) is 4.79 Å². The molecule has 0 unspecified atom stereocenters. The summed E-state index contributed by atoms with van der Waals surface area (Å²) in [6.45, 7) is 0.147. The molecule has 0 bridgehead atoms. The topological polar surface area (TPSA) is 98.5 Å². The summed E-state index contributed by atoms with van der Waals surface area (Å²) >= 11 is 0. The van der Waals surface area contributed by atoms with Gasteiger partial charge in [0, 0.05) is 24.8 Å². The zero-order valence-corrected chi connectivity index (χ0v) is 14.1. The Bertz CT molecular complexity index is 620. The molecule has 1 aliphatic carbocycles. The zero-order valence-electron chi connectivity index (χ0n) is 13.3. The van der Waals surface area contributed by atoms with Crippen molar-refractivity contribution in [2.45, 2.75) is 42.7 Å². The molecule has 7 heteroatoms. The van der Waals surface area contributed by atoms with Gasteiger partial charge in [-0.2, -0.15) is 0 Å². The van der Waals surface area contributed by atoms with Gasteiger partial charge in [-0.25, -0.2) is 8.42 Å². The molecular weight excluding hydrogens is 316 g/mol. The fourth-order valence-electron chi connectivity index (χ4n) is 2.66. The highest BCUT2D eigenvalue weighted by atomic mass is 32.2. The van der Waals surface area contributed by atoms with E-state index in [1.807, 2.05) is 0 Å². The lowest BCUT2D eigenvalue weighted by Crippen LogP contribution is -2.40. The van der Waals surface area contributed by atoms with Crippen LogP contribution in [0.2, 0.25) is 0 Å². The number of sulfone groups is 1. The maximum atomic E-state index is 12.2. The van der Waals surface area contributed by atoms with Gasteiger partial charge in [0.25, 0.3) is 5.91 Å². The van der Waals surface area contributed by atoms with Crippen molar-refractivity contribution in [2.75, 3.05) is 19.5 Å². The SMILES string of the molecule is COCCS(=O)(=O)c1ccc(C(=O)NC2CCC(N)CC2)cc1. The van der Waals surface area contributed by atoms with E-state index in [1.165, 1.54) is 19.2 Å². The minimum Gasteiger partial charge on any atom is -0.384 e. The summed E-state index contributed by atoms with van der Waals surface area (Å²) in [5, 5.41) is 2.98. The number of ether oxygens (including phenoxy) is 1. The number of carbonyl (C=O) groups is 1. The molecule has 3 N–H and O–H groups in total. The van der Waals surface area contributed by atoms with Crippen LogP contribution in [0.1, 0.15) is 36.0 Å². The van der Waals surface area contributed by atoms with Gasteiger partial charge < -0.3 is 15.8 Å². The first-order chi connectivity index (χ1) is 10.9. The Morgan fingerprint density at radius 1 is 1.22 bits per heavy atom. The Labute approximate surface area is 137 Å². The van der Waals surface area contributed by atoms with E-state index in [4.69, 9.17) is 10.5 Å². The standard InChI is InChI=1S/C16H24N2O4S/c1-22-10-11-23(20,21)15-8-2-12(3-9-15)16(19)18-14-6-4-13(17)5-7-14/h2-3,8-9,13-14H,4-7,10-11,17H2,1H3,(H,18,19). The lowest BCUT2D eigenvalue weighted by molar-refractivity contribution is 0.0925. The van der Waals surface area contributed by atoms with Gasteiger partial charge in [0.05, 0.1) is 17.3 Å². The summed E-state index contributed by atoms with van der Waals surface area (Å²) in [6.07, 6.45) is 3.61. The van der Waals surface area contributed by atoms with E-state index in [0.29, 0.717) is 5.56 Å². The Morgan fingerprint density at radius 3 is 2.39 bits per heavy atom. The first-order valence-corrected chi connectivity index (χ1v) is 9.46. The average molecular weight is 340 g/mol. The molecule has 0 atom stereocenters. The molecule has 1 amide bonds. The molecule has 0 aliphatic heterocycles. The summed E-state index contributed by atoms with van der Waals surface area (Å²) in [4.78, 5) is 12.4. The van der Waals surface area contributed by atoms with Crippen LogP contribution in [0.25, 0.3) is 0 Å². The van der Waals surface area contributed by atoms with E-state index in [0.717, 1.165) is 25.7 Å². The Morgan fingerprint density at radius 2 is 1.83 bits per heavy atom. The van der Waals surface area contributed by atoms with Gasteiger partial charge in [-0.15, -0.1) is 0 Å². The fraction of sp³-hybridized carbons (Fsp3) is 0.562. The molecule has 1 aromatic carbocycles. The van der Waals surface area contributed by atoms with Crippen LogP contribution in [0.4, 0.5) is 0 Å². The van der Waals surface area contributed by atoms with Crippen molar-refractivity contribution in [3.05, 3.63) is 29.8 Å². The van der Waals surface area contributed by atoms with Crippen molar-refractivity contribution in [3.63, 3.8) is 0 Å². The monoisotopic (exact) mass is 340 g/mol. The first-order valence-electron chi connectivity index (χ1n) is 7.80. The third-order valence-electron chi connectivity index (χ3n) is 4.14. The number of benzene rings is 1. The average Bonchev–Trinajstić information content (AvgIpc) is 2.55. The molecule has 0 spiro atoms. The van der Waals surface area contributed by atoms with E-state index in [2.05, 4.69) is 5.32 Å². The quantitative estimate of drug-likeness (QED) is 0.808. The second-order valence-corrected chi connectivity index (χ2v) is 8.03. The molecule has 6 nitrogen and oxygen atoms in total. The molecule has 128 valence electrons. The van der Waals surface area contributed by atoms with E-state index < -0.39 is 9.84 Å². The molecule has 0 saturated heterocycles. The van der Waals surface area contributed by atoms with Crippen LogP contribution in [0.15, 0.2) is 29.2 Å². The Hall–Kier alpha value is -1.44. The Balaban J connectivity index is 1.97. The number of nitrogens with one attached hydrogen (secondary N) is 1. The number of nitrogens with two attached hydrogens (primary N) is 1. The number of carbonyl (C=O) groups excluding carboxylic acids is 1. The smallest absolute Gasteiger partial charge is 0.251 e. The molecule has 0 radical (unpaired) electrons. The third-order valence-corrected chi connectivity index (χ3v) is 5.83. The molecular formula is C16H24N2O4S. The summed E-state index contributed by atoms with van der Waals surface area (Å²) < 4.78 is 28.9. The van der Waals surface area contributed by atoms with Crippen molar-refractivity contribution in [1.82, 2.24) is 5.32 Å². The van der Waals surface area contributed by atoms with Crippen LogP contribution in [0.5, 0.6) is 0 Å². The fourth-order valence-corrected chi connectivity index (χ4v) is 3.83. The molecule has 0 heterocycles. The van der Waals surface area contributed by atoms with Crippen LogP contribution in [0, 0.1) is 0 Å². The maximum absolute atomic E-state index is 12.2. The maximum Gasteiger partial charge on any atom is 0.251 e. The van der Waals surface area contributed by atoms with Crippen molar-refractivity contribution in [2.24, 2.45) is 5.73 Å². The van der Waals surface area contributed by atoms with Crippen molar-refractivity contribution in [3.8, 4) is 0 Å². The van der Waals surface area contributed by atoms with E-state index in [1.54, 1.807) is 12.1 Å². The van der Waals surface area contributed by atoms with E-state index in [-0.39, 0.29) is 35.2 Å². The normalized spacial score (nSPS) is 21.8. The van der Waals surface area contributed by atoms with Crippen LogP contribution in [-0.2, 0) is 14.6 Å². The van der Waals surface area contributed by atoms with E-state index >= 15 is 0 Å². The van der Waals surface area contributed by atoms with Gasteiger partial charge in [0.15, 0.2) is 9.84 Å². The summed E-state index contributed by atoms with van der Waals surface area (Å²) in [7, 11) is -1.91. The number of hydrogen-bond donors (Lipinski definition) is 2. The molecule has 1 aromatic rings. The van der Waals surface area contributed by atoms with Crippen LogP contribution >= 0.6 is 0 Å². The molecule has 1 fully saturated rings. The molecule has 2 rings (SSSR count).